The highest BCUT2D eigenvalue weighted by Crippen LogP contribution is 2.40. The average molecular weight is 339 g/mol. The molecule has 0 spiro atoms. The topological polar surface area (TPSA) is 32.7 Å². The van der Waals surface area contributed by atoms with E-state index in [0.29, 0.717) is 0 Å². The molecule has 1 unspecified atom stereocenters. The van der Waals surface area contributed by atoms with Crippen LogP contribution < -0.4 is 4.74 Å². The maximum Gasteiger partial charge on any atom is 0.127 e. The first-order valence-electron chi connectivity index (χ1n) is 9.27. The Morgan fingerprint density at radius 1 is 0.920 bits per heavy atom. The Hall–Kier alpha value is -1.84. The lowest BCUT2D eigenvalue weighted by Gasteiger charge is -2.40. The fraction of sp³-hybridized carbons (Fsp3) is 0.455. The second-order valence-electron chi connectivity index (χ2n) is 7.46. The van der Waals surface area contributed by atoms with Crippen molar-refractivity contribution in [3.05, 3.63) is 60.2 Å². The fourth-order valence-electron chi connectivity index (χ4n) is 3.86. The minimum absolute atomic E-state index is 0.133. The summed E-state index contributed by atoms with van der Waals surface area (Å²) in [5.41, 5.74) is 0.600. The largest absolute Gasteiger partial charge is 0.457 e. The minimum atomic E-state index is -0.593. The normalized spacial score (nSPS) is 18.1. The summed E-state index contributed by atoms with van der Waals surface area (Å²) in [5.74, 6) is 1.80. The Labute approximate surface area is 151 Å². The van der Waals surface area contributed by atoms with E-state index in [-0.39, 0.29) is 5.92 Å². The zero-order valence-corrected chi connectivity index (χ0v) is 15.3. The third kappa shape index (κ3) is 4.62. The number of para-hydroxylation sites is 1. The Balaban J connectivity index is 1.79. The van der Waals surface area contributed by atoms with Gasteiger partial charge < -0.3 is 14.7 Å². The van der Waals surface area contributed by atoms with Crippen molar-refractivity contribution in [2.75, 3.05) is 20.6 Å². The smallest absolute Gasteiger partial charge is 0.127 e. The molecule has 1 aliphatic rings. The molecule has 3 nitrogen and oxygen atoms in total. The SMILES string of the molecule is CN(C)CC(c1ccc(Oc2ccccc2)cc1)C1(O)CCCCC1. The van der Waals surface area contributed by atoms with Crippen LogP contribution in [0, 0.1) is 0 Å². The van der Waals surface area contributed by atoms with Crippen molar-refractivity contribution in [3.63, 3.8) is 0 Å². The number of likely N-dealkylation sites (N-methyl/N-ethyl adjacent to an activating group) is 1. The Kier molecular flexibility index (Phi) is 5.77. The minimum Gasteiger partial charge on any atom is -0.457 e. The molecule has 0 aliphatic heterocycles. The van der Waals surface area contributed by atoms with Gasteiger partial charge in [-0.15, -0.1) is 0 Å². The summed E-state index contributed by atoms with van der Waals surface area (Å²) in [7, 11) is 4.15. The molecule has 25 heavy (non-hydrogen) atoms. The average Bonchev–Trinajstić information content (AvgIpc) is 2.62. The summed E-state index contributed by atoms with van der Waals surface area (Å²) < 4.78 is 5.89. The summed E-state index contributed by atoms with van der Waals surface area (Å²) in [5, 5.41) is 11.3. The molecule has 1 saturated carbocycles. The molecular formula is C22H29NO2. The quantitative estimate of drug-likeness (QED) is 0.819. The molecule has 134 valence electrons. The maximum atomic E-state index is 11.3. The van der Waals surface area contributed by atoms with Gasteiger partial charge in [-0.2, -0.15) is 0 Å². The van der Waals surface area contributed by atoms with Gasteiger partial charge in [-0.1, -0.05) is 49.6 Å². The van der Waals surface area contributed by atoms with Crippen molar-refractivity contribution in [3.8, 4) is 11.5 Å². The summed E-state index contributed by atoms with van der Waals surface area (Å²) in [6.45, 7) is 0.857. The van der Waals surface area contributed by atoms with Crippen LogP contribution in [0.15, 0.2) is 54.6 Å². The van der Waals surface area contributed by atoms with Gasteiger partial charge in [0.15, 0.2) is 0 Å². The van der Waals surface area contributed by atoms with Crippen LogP contribution in [0.1, 0.15) is 43.6 Å². The van der Waals surface area contributed by atoms with E-state index in [9.17, 15) is 5.11 Å². The summed E-state index contributed by atoms with van der Waals surface area (Å²) in [4.78, 5) is 2.17. The summed E-state index contributed by atoms with van der Waals surface area (Å²) >= 11 is 0. The molecule has 3 rings (SSSR count). The van der Waals surface area contributed by atoms with Crippen LogP contribution >= 0.6 is 0 Å². The Morgan fingerprint density at radius 2 is 1.52 bits per heavy atom. The monoisotopic (exact) mass is 339 g/mol. The molecule has 3 heteroatoms. The van der Waals surface area contributed by atoms with Gasteiger partial charge in [-0.25, -0.2) is 0 Å². The van der Waals surface area contributed by atoms with Gasteiger partial charge in [-0.05, 0) is 56.8 Å². The van der Waals surface area contributed by atoms with Crippen LogP contribution in [0.5, 0.6) is 11.5 Å². The zero-order valence-electron chi connectivity index (χ0n) is 15.3. The van der Waals surface area contributed by atoms with Gasteiger partial charge >= 0.3 is 0 Å². The third-order valence-corrected chi connectivity index (χ3v) is 5.18. The maximum absolute atomic E-state index is 11.3. The lowest BCUT2D eigenvalue weighted by Crippen LogP contribution is -2.42. The zero-order chi connectivity index (χ0) is 17.7. The van der Waals surface area contributed by atoms with Gasteiger partial charge in [-0.3, -0.25) is 0 Å². The number of hydrogen-bond donors (Lipinski definition) is 1. The highest BCUT2D eigenvalue weighted by atomic mass is 16.5. The third-order valence-electron chi connectivity index (χ3n) is 5.18. The van der Waals surface area contributed by atoms with Crippen molar-refractivity contribution in [1.82, 2.24) is 4.90 Å². The molecule has 1 aliphatic carbocycles. The van der Waals surface area contributed by atoms with Gasteiger partial charge in [0.25, 0.3) is 0 Å². The molecule has 0 radical (unpaired) electrons. The predicted octanol–water partition coefficient (Wildman–Crippen LogP) is 4.82. The molecule has 2 aromatic rings. The van der Waals surface area contributed by atoms with Crippen molar-refractivity contribution < 1.29 is 9.84 Å². The van der Waals surface area contributed by atoms with E-state index in [1.54, 1.807) is 0 Å². The Bertz CT molecular complexity index is 645. The molecular weight excluding hydrogens is 310 g/mol. The predicted molar refractivity (Wildman–Crippen MR) is 102 cm³/mol. The van der Waals surface area contributed by atoms with Crippen molar-refractivity contribution in [2.24, 2.45) is 0 Å². The number of ether oxygens (including phenoxy) is 1. The van der Waals surface area contributed by atoms with E-state index in [2.05, 4.69) is 31.1 Å². The molecule has 0 saturated heterocycles. The fourth-order valence-corrected chi connectivity index (χ4v) is 3.86. The molecule has 0 amide bonds. The molecule has 1 atom stereocenters. The summed E-state index contributed by atoms with van der Waals surface area (Å²) in [6, 6.07) is 18.1. The van der Waals surface area contributed by atoms with E-state index in [0.717, 1.165) is 43.7 Å². The second kappa shape index (κ2) is 8.03. The lowest BCUT2D eigenvalue weighted by molar-refractivity contribution is -0.0277. The van der Waals surface area contributed by atoms with E-state index >= 15 is 0 Å². The van der Waals surface area contributed by atoms with Crippen LogP contribution in [0.2, 0.25) is 0 Å². The highest BCUT2D eigenvalue weighted by molar-refractivity contribution is 5.35. The second-order valence-corrected chi connectivity index (χ2v) is 7.46. The molecule has 0 bridgehead atoms. The van der Waals surface area contributed by atoms with E-state index in [1.165, 1.54) is 12.0 Å². The first-order chi connectivity index (χ1) is 12.1. The van der Waals surface area contributed by atoms with Crippen molar-refractivity contribution >= 4 is 0 Å². The molecule has 1 fully saturated rings. The van der Waals surface area contributed by atoms with Crippen LogP contribution in [-0.2, 0) is 0 Å². The lowest BCUT2D eigenvalue weighted by atomic mass is 9.72. The van der Waals surface area contributed by atoms with Gasteiger partial charge in [0.1, 0.15) is 11.5 Å². The first-order valence-corrected chi connectivity index (χ1v) is 9.27. The van der Waals surface area contributed by atoms with Crippen LogP contribution in [0.3, 0.4) is 0 Å². The van der Waals surface area contributed by atoms with E-state index in [1.807, 2.05) is 42.5 Å². The van der Waals surface area contributed by atoms with Gasteiger partial charge in [0, 0.05) is 12.5 Å². The number of nitrogens with zero attached hydrogens (tertiary/aromatic N) is 1. The van der Waals surface area contributed by atoms with Gasteiger partial charge in [0.05, 0.1) is 5.60 Å². The number of rotatable bonds is 6. The van der Waals surface area contributed by atoms with Crippen LogP contribution in [0.4, 0.5) is 0 Å². The number of aliphatic hydroxyl groups is 1. The van der Waals surface area contributed by atoms with Crippen LogP contribution in [-0.4, -0.2) is 36.2 Å². The first kappa shape index (κ1) is 18.0. The van der Waals surface area contributed by atoms with E-state index < -0.39 is 5.60 Å². The van der Waals surface area contributed by atoms with Crippen LogP contribution in [0.25, 0.3) is 0 Å². The molecule has 0 aromatic heterocycles. The molecule has 1 N–H and O–H groups in total. The molecule has 0 heterocycles. The Morgan fingerprint density at radius 3 is 2.12 bits per heavy atom. The van der Waals surface area contributed by atoms with Crippen molar-refractivity contribution in [2.45, 2.75) is 43.6 Å². The number of benzene rings is 2. The standard InChI is InChI=1S/C22H29NO2/c1-23(2)17-21(22(24)15-7-4-8-16-22)18-11-13-20(14-12-18)25-19-9-5-3-6-10-19/h3,5-6,9-14,21,24H,4,7-8,15-17H2,1-2H3. The summed E-state index contributed by atoms with van der Waals surface area (Å²) in [6.07, 6.45) is 5.27. The van der Waals surface area contributed by atoms with Gasteiger partial charge in [0.2, 0.25) is 0 Å². The van der Waals surface area contributed by atoms with Crippen molar-refractivity contribution in [1.29, 1.82) is 0 Å². The number of hydrogen-bond acceptors (Lipinski definition) is 3. The molecule has 2 aromatic carbocycles. The highest BCUT2D eigenvalue weighted by Gasteiger charge is 2.38. The van der Waals surface area contributed by atoms with E-state index in [4.69, 9.17) is 4.74 Å².